The Morgan fingerprint density at radius 2 is 2.17 bits per heavy atom. The Bertz CT molecular complexity index is 560. The van der Waals surface area contributed by atoms with Crippen LogP contribution in [0.1, 0.15) is 21.5 Å². The highest BCUT2D eigenvalue weighted by atomic mass is 127. The fourth-order valence-corrected chi connectivity index (χ4v) is 3.14. The molecule has 1 heterocycles. The van der Waals surface area contributed by atoms with Crippen LogP contribution in [-0.4, -0.2) is 5.91 Å². The Hall–Kier alpha value is -1.08. The second-order valence-corrected chi connectivity index (χ2v) is 6.03. The summed E-state index contributed by atoms with van der Waals surface area (Å²) >= 11 is 3.80. The molecule has 0 fully saturated rings. The number of anilines is 1. The van der Waals surface area contributed by atoms with Gasteiger partial charge in [-0.2, -0.15) is 11.3 Å². The highest BCUT2D eigenvalue weighted by molar-refractivity contribution is 14.1. The zero-order valence-corrected chi connectivity index (χ0v) is 12.8. The molecule has 0 aliphatic heterocycles. The van der Waals surface area contributed by atoms with Gasteiger partial charge in [-0.15, -0.1) is 0 Å². The minimum atomic E-state index is -0.0918. The number of rotatable bonds is 3. The maximum atomic E-state index is 12.0. The predicted octanol–water partition coefficient (Wildman–Crippen LogP) is 3.17. The summed E-state index contributed by atoms with van der Waals surface area (Å²) in [6.07, 6.45) is 0. The molecule has 3 nitrogen and oxygen atoms in total. The van der Waals surface area contributed by atoms with Gasteiger partial charge in [0, 0.05) is 21.4 Å². The summed E-state index contributed by atoms with van der Waals surface area (Å²) in [7, 11) is 0. The van der Waals surface area contributed by atoms with E-state index in [2.05, 4.69) is 38.7 Å². The number of aryl methyl sites for hydroxylation is 1. The van der Waals surface area contributed by atoms with Crippen LogP contribution in [0.2, 0.25) is 0 Å². The first-order valence-corrected chi connectivity index (χ1v) is 7.44. The monoisotopic (exact) mass is 372 g/mol. The van der Waals surface area contributed by atoms with Crippen molar-refractivity contribution < 1.29 is 4.79 Å². The average Bonchev–Trinajstić information content (AvgIpc) is 2.70. The minimum Gasteiger partial charge on any atom is -0.399 e. The van der Waals surface area contributed by atoms with Gasteiger partial charge in [0.25, 0.3) is 5.91 Å². The molecule has 1 amide bonds. The van der Waals surface area contributed by atoms with Crippen molar-refractivity contribution in [3.05, 3.63) is 49.2 Å². The quantitative estimate of drug-likeness (QED) is 0.643. The van der Waals surface area contributed by atoms with Crippen LogP contribution in [0.15, 0.2) is 29.0 Å². The molecule has 94 valence electrons. The van der Waals surface area contributed by atoms with Crippen molar-refractivity contribution in [3.8, 4) is 0 Å². The number of nitrogens with one attached hydrogen (secondary N) is 1. The Kier molecular flexibility index (Phi) is 4.23. The molecule has 0 saturated carbocycles. The maximum absolute atomic E-state index is 12.0. The third-order valence-electron chi connectivity index (χ3n) is 2.58. The fraction of sp³-hybridized carbons (Fsp3) is 0.154. The van der Waals surface area contributed by atoms with Crippen molar-refractivity contribution >= 4 is 45.5 Å². The van der Waals surface area contributed by atoms with Crippen LogP contribution in [0, 0.1) is 10.5 Å². The van der Waals surface area contributed by atoms with E-state index in [1.54, 1.807) is 17.4 Å². The topological polar surface area (TPSA) is 55.1 Å². The number of hydrogen-bond donors (Lipinski definition) is 2. The summed E-state index contributed by atoms with van der Waals surface area (Å²) in [6, 6.07) is 5.35. The number of benzene rings is 1. The first-order chi connectivity index (χ1) is 8.56. The number of amides is 1. The molecule has 5 heteroatoms. The van der Waals surface area contributed by atoms with Crippen LogP contribution < -0.4 is 11.1 Å². The third-order valence-corrected chi connectivity index (χ3v) is 4.12. The predicted molar refractivity (Wildman–Crippen MR) is 83.8 cm³/mol. The number of hydrogen-bond acceptors (Lipinski definition) is 3. The van der Waals surface area contributed by atoms with Crippen LogP contribution >= 0.6 is 33.9 Å². The fourth-order valence-electron chi connectivity index (χ4n) is 1.59. The average molecular weight is 372 g/mol. The van der Waals surface area contributed by atoms with Gasteiger partial charge in [-0.1, -0.05) is 0 Å². The SMILES string of the molecule is Cc1cscc1CNC(=O)c1cc(N)cc(I)c1. The molecule has 1 aromatic heterocycles. The summed E-state index contributed by atoms with van der Waals surface area (Å²) in [4.78, 5) is 12.0. The van der Waals surface area contributed by atoms with E-state index in [1.807, 2.05) is 19.1 Å². The van der Waals surface area contributed by atoms with Crippen molar-refractivity contribution in [2.45, 2.75) is 13.5 Å². The van der Waals surface area contributed by atoms with Crippen molar-refractivity contribution in [3.63, 3.8) is 0 Å². The molecule has 0 unspecified atom stereocenters. The Labute approximate surface area is 124 Å². The molecular formula is C13H13IN2OS. The molecule has 18 heavy (non-hydrogen) atoms. The summed E-state index contributed by atoms with van der Waals surface area (Å²) in [6.45, 7) is 2.60. The van der Waals surface area contributed by atoms with E-state index in [0.29, 0.717) is 17.8 Å². The van der Waals surface area contributed by atoms with Gasteiger partial charge in [-0.05, 0) is 69.6 Å². The molecule has 0 aliphatic rings. The lowest BCUT2D eigenvalue weighted by Gasteiger charge is -2.06. The summed E-state index contributed by atoms with van der Waals surface area (Å²) in [5.41, 5.74) is 9.31. The lowest BCUT2D eigenvalue weighted by Crippen LogP contribution is -2.23. The van der Waals surface area contributed by atoms with Gasteiger partial charge in [-0.25, -0.2) is 0 Å². The lowest BCUT2D eigenvalue weighted by atomic mass is 10.2. The van der Waals surface area contributed by atoms with E-state index in [4.69, 9.17) is 5.73 Å². The van der Waals surface area contributed by atoms with Crippen LogP contribution in [0.4, 0.5) is 5.69 Å². The molecule has 0 spiro atoms. The molecule has 0 aliphatic carbocycles. The Morgan fingerprint density at radius 1 is 1.39 bits per heavy atom. The maximum Gasteiger partial charge on any atom is 0.251 e. The third kappa shape index (κ3) is 3.23. The van der Waals surface area contributed by atoms with Crippen molar-refractivity contribution in [2.24, 2.45) is 0 Å². The van der Waals surface area contributed by atoms with E-state index in [1.165, 1.54) is 5.56 Å². The van der Waals surface area contributed by atoms with E-state index in [-0.39, 0.29) is 5.91 Å². The van der Waals surface area contributed by atoms with E-state index < -0.39 is 0 Å². The van der Waals surface area contributed by atoms with E-state index in [0.717, 1.165) is 9.13 Å². The van der Waals surface area contributed by atoms with Gasteiger partial charge in [0.05, 0.1) is 0 Å². The van der Waals surface area contributed by atoms with Gasteiger partial charge in [-0.3, -0.25) is 4.79 Å². The molecule has 2 rings (SSSR count). The number of carbonyl (C=O) groups is 1. The summed E-state index contributed by atoms with van der Waals surface area (Å²) < 4.78 is 0.962. The minimum absolute atomic E-state index is 0.0918. The second-order valence-electron chi connectivity index (χ2n) is 4.04. The van der Waals surface area contributed by atoms with Gasteiger partial charge in [0.1, 0.15) is 0 Å². The van der Waals surface area contributed by atoms with Gasteiger partial charge in [0.15, 0.2) is 0 Å². The van der Waals surface area contributed by atoms with Crippen LogP contribution in [-0.2, 0) is 6.54 Å². The van der Waals surface area contributed by atoms with E-state index in [9.17, 15) is 4.79 Å². The summed E-state index contributed by atoms with van der Waals surface area (Å²) in [5, 5.41) is 7.03. The standard InChI is InChI=1S/C13H13IN2OS/c1-8-6-18-7-10(8)5-16-13(17)9-2-11(14)4-12(15)3-9/h2-4,6-7H,5,15H2,1H3,(H,16,17). The Morgan fingerprint density at radius 3 is 2.78 bits per heavy atom. The smallest absolute Gasteiger partial charge is 0.251 e. The van der Waals surface area contributed by atoms with Crippen LogP contribution in [0.25, 0.3) is 0 Å². The Balaban J connectivity index is 2.06. The highest BCUT2D eigenvalue weighted by Gasteiger charge is 2.08. The molecule has 2 aromatic rings. The van der Waals surface area contributed by atoms with Crippen LogP contribution in [0.5, 0.6) is 0 Å². The van der Waals surface area contributed by atoms with Crippen LogP contribution in [0.3, 0.4) is 0 Å². The number of halogens is 1. The highest BCUT2D eigenvalue weighted by Crippen LogP contribution is 2.15. The molecule has 0 radical (unpaired) electrons. The molecule has 0 bridgehead atoms. The number of nitrogens with two attached hydrogens (primary N) is 1. The van der Waals surface area contributed by atoms with Crippen molar-refractivity contribution in [2.75, 3.05) is 5.73 Å². The molecule has 0 atom stereocenters. The lowest BCUT2D eigenvalue weighted by molar-refractivity contribution is 0.0951. The van der Waals surface area contributed by atoms with E-state index >= 15 is 0 Å². The van der Waals surface area contributed by atoms with Gasteiger partial charge in [0.2, 0.25) is 0 Å². The van der Waals surface area contributed by atoms with Gasteiger partial charge < -0.3 is 11.1 Å². The normalized spacial score (nSPS) is 10.3. The number of carbonyl (C=O) groups excluding carboxylic acids is 1. The first-order valence-electron chi connectivity index (χ1n) is 5.42. The van der Waals surface area contributed by atoms with Crippen molar-refractivity contribution in [1.29, 1.82) is 0 Å². The zero-order valence-electron chi connectivity index (χ0n) is 9.87. The molecule has 1 aromatic carbocycles. The van der Waals surface area contributed by atoms with Crippen molar-refractivity contribution in [1.82, 2.24) is 5.32 Å². The molecule has 0 saturated heterocycles. The molecule has 3 N–H and O–H groups in total. The van der Waals surface area contributed by atoms with Gasteiger partial charge >= 0.3 is 0 Å². The summed E-state index contributed by atoms with van der Waals surface area (Å²) in [5.74, 6) is -0.0918. The number of thiophene rings is 1. The number of nitrogen functional groups attached to an aromatic ring is 1. The first kappa shape index (κ1) is 13.4. The largest absolute Gasteiger partial charge is 0.399 e. The zero-order chi connectivity index (χ0) is 13.1. The second kappa shape index (κ2) is 5.71. The molecular weight excluding hydrogens is 359 g/mol.